The number of carbonyl (C=O) groups excluding carboxylic acids is 1. The van der Waals surface area contributed by atoms with Gasteiger partial charge >= 0.3 is 0 Å². The molecule has 5 heteroatoms. The summed E-state index contributed by atoms with van der Waals surface area (Å²) in [4.78, 5) is 13.3. The topological polar surface area (TPSA) is 52.9 Å². The highest BCUT2D eigenvalue weighted by molar-refractivity contribution is 9.10. The van der Waals surface area contributed by atoms with Gasteiger partial charge in [-0.2, -0.15) is 5.26 Å². The maximum atomic E-state index is 12.2. The number of nitriles is 1. The molecule has 0 unspecified atom stereocenters. The number of nitrogens with one attached hydrogen (secondary N) is 1. The minimum Gasteiger partial charge on any atom is -0.321 e. The first kappa shape index (κ1) is 16.3. The zero-order chi connectivity index (χ0) is 15.9. The van der Waals surface area contributed by atoms with E-state index in [0.717, 1.165) is 14.9 Å². The third kappa shape index (κ3) is 4.48. The normalized spacial score (nSPS) is 10.9. The van der Waals surface area contributed by atoms with Gasteiger partial charge in [-0.3, -0.25) is 4.79 Å². The van der Waals surface area contributed by atoms with Gasteiger partial charge in [0.15, 0.2) is 0 Å². The Kier molecular flexibility index (Phi) is 5.82. The molecule has 0 bridgehead atoms. The average Bonchev–Trinajstić information content (AvgIpc) is 2.53. The molecule has 22 heavy (non-hydrogen) atoms. The van der Waals surface area contributed by atoms with Crippen LogP contribution in [0.5, 0.6) is 0 Å². The monoisotopic (exact) mass is 372 g/mol. The van der Waals surface area contributed by atoms with Crippen LogP contribution in [0.25, 0.3) is 6.08 Å². The molecule has 0 aliphatic carbocycles. The summed E-state index contributed by atoms with van der Waals surface area (Å²) in [5.74, 6) is -0.422. The molecule has 0 atom stereocenters. The van der Waals surface area contributed by atoms with E-state index in [0.29, 0.717) is 5.69 Å². The molecular weight excluding hydrogens is 360 g/mol. The fourth-order valence-corrected chi connectivity index (χ4v) is 2.59. The lowest BCUT2D eigenvalue weighted by Gasteiger charge is -2.05. The van der Waals surface area contributed by atoms with Crippen LogP contribution < -0.4 is 5.32 Å². The number of anilines is 1. The van der Waals surface area contributed by atoms with Crippen molar-refractivity contribution in [2.75, 3.05) is 11.6 Å². The maximum absolute atomic E-state index is 12.2. The van der Waals surface area contributed by atoms with Crippen molar-refractivity contribution in [2.45, 2.75) is 4.90 Å². The van der Waals surface area contributed by atoms with Crippen LogP contribution in [0, 0.1) is 11.3 Å². The highest BCUT2D eigenvalue weighted by Gasteiger charge is 2.09. The van der Waals surface area contributed by atoms with Gasteiger partial charge in [-0.05, 0) is 48.2 Å². The van der Waals surface area contributed by atoms with E-state index in [1.165, 1.54) is 0 Å². The Morgan fingerprint density at radius 1 is 1.27 bits per heavy atom. The van der Waals surface area contributed by atoms with Crippen molar-refractivity contribution >= 4 is 45.4 Å². The van der Waals surface area contributed by atoms with Crippen LogP contribution in [-0.2, 0) is 4.79 Å². The van der Waals surface area contributed by atoms with Gasteiger partial charge in [0.2, 0.25) is 0 Å². The molecule has 0 aromatic heterocycles. The van der Waals surface area contributed by atoms with Gasteiger partial charge in [0.25, 0.3) is 5.91 Å². The van der Waals surface area contributed by atoms with E-state index in [1.54, 1.807) is 30.0 Å². The van der Waals surface area contributed by atoms with Crippen molar-refractivity contribution in [3.8, 4) is 6.07 Å². The molecule has 2 rings (SSSR count). The number of thioether (sulfide) groups is 1. The largest absolute Gasteiger partial charge is 0.321 e. The second-order valence-electron chi connectivity index (χ2n) is 4.41. The van der Waals surface area contributed by atoms with Crippen LogP contribution in [0.4, 0.5) is 5.69 Å². The Morgan fingerprint density at radius 2 is 2.00 bits per heavy atom. The van der Waals surface area contributed by atoms with Gasteiger partial charge in [0.1, 0.15) is 11.6 Å². The summed E-state index contributed by atoms with van der Waals surface area (Å²) in [5, 5.41) is 11.9. The minimum absolute atomic E-state index is 0.0666. The van der Waals surface area contributed by atoms with Crippen molar-refractivity contribution < 1.29 is 4.79 Å². The number of carbonyl (C=O) groups is 1. The quantitative estimate of drug-likeness (QED) is 0.480. The third-order valence-electron chi connectivity index (χ3n) is 2.87. The minimum atomic E-state index is -0.422. The first-order chi connectivity index (χ1) is 10.6. The molecule has 0 aliphatic rings. The number of benzene rings is 2. The predicted molar refractivity (Wildman–Crippen MR) is 94.6 cm³/mol. The van der Waals surface area contributed by atoms with Crippen LogP contribution in [0.1, 0.15) is 5.56 Å². The first-order valence-electron chi connectivity index (χ1n) is 6.45. The lowest BCUT2D eigenvalue weighted by Crippen LogP contribution is -2.13. The molecule has 3 nitrogen and oxygen atoms in total. The van der Waals surface area contributed by atoms with E-state index in [-0.39, 0.29) is 5.57 Å². The van der Waals surface area contributed by atoms with Crippen molar-refractivity contribution in [3.05, 3.63) is 64.1 Å². The summed E-state index contributed by atoms with van der Waals surface area (Å²) in [6, 6.07) is 16.9. The second kappa shape index (κ2) is 7.83. The smallest absolute Gasteiger partial charge is 0.266 e. The zero-order valence-corrected chi connectivity index (χ0v) is 14.2. The highest BCUT2D eigenvalue weighted by Crippen LogP contribution is 2.18. The van der Waals surface area contributed by atoms with E-state index >= 15 is 0 Å². The van der Waals surface area contributed by atoms with Crippen LogP contribution in [0.3, 0.4) is 0 Å². The average molecular weight is 373 g/mol. The Bertz CT molecular complexity index is 748. The summed E-state index contributed by atoms with van der Waals surface area (Å²) < 4.78 is 0.862. The molecule has 0 heterocycles. The van der Waals surface area contributed by atoms with Gasteiger partial charge < -0.3 is 5.32 Å². The van der Waals surface area contributed by atoms with E-state index < -0.39 is 5.91 Å². The van der Waals surface area contributed by atoms with E-state index in [2.05, 4.69) is 21.2 Å². The Morgan fingerprint density at radius 3 is 2.59 bits per heavy atom. The number of hydrogen-bond donors (Lipinski definition) is 1. The van der Waals surface area contributed by atoms with Crippen molar-refractivity contribution in [3.63, 3.8) is 0 Å². The van der Waals surface area contributed by atoms with Gasteiger partial charge in [-0.1, -0.05) is 34.1 Å². The number of rotatable bonds is 4. The van der Waals surface area contributed by atoms with Gasteiger partial charge in [-0.15, -0.1) is 11.8 Å². The molecule has 2 aromatic rings. The summed E-state index contributed by atoms with van der Waals surface area (Å²) in [6.45, 7) is 0. The van der Waals surface area contributed by atoms with Crippen LogP contribution in [0.2, 0.25) is 0 Å². The standard InChI is InChI=1S/C17H13BrN2OS/c1-22-16-7-5-12(6-8-16)9-13(11-19)17(21)20-15-4-2-3-14(18)10-15/h2-10H,1H3,(H,20,21)/b13-9-. The van der Waals surface area contributed by atoms with Gasteiger partial charge in [0, 0.05) is 15.1 Å². The van der Waals surface area contributed by atoms with E-state index in [9.17, 15) is 10.1 Å². The predicted octanol–water partition coefficient (Wildman–Crippen LogP) is 4.72. The number of amides is 1. The Hall–Kier alpha value is -2.03. The van der Waals surface area contributed by atoms with Gasteiger partial charge in [-0.25, -0.2) is 0 Å². The summed E-state index contributed by atoms with van der Waals surface area (Å²) in [6.07, 6.45) is 3.58. The molecule has 0 saturated carbocycles. The molecule has 0 aliphatic heterocycles. The molecule has 0 spiro atoms. The third-order valence-corrected chi connectivity index (χ3v) is 4.11. The Labute approximate surface area is 142 Å². The summed E-state index contributed by atoms with van der Waals surface area (Å²) in [7, 11) is 0. The van der Waals surface area contributed by atoms with Crippen LogP contribution >= 0.6 is 27.7 Å². The molecule has 2 aromatic carbocycles. The number of nitrogens with zero attached hydrogens (tertiary/aromatic N) is 1. The lowest BCUT2D eigenvalue weighted by molar-refractivity contribution is -0.112. The second-order valence-corrected chi connectivity index (χ2v) is 6.20. The molecular formula is C17H13BrN2OS. The molecule has 0 saturated heterocycles. The van der Waals surface area contributed by atoms with Crippen LogP contribution in [-0.4, -0.2) is 12.2 Å². The molecule has 0 fully saturated rings. The van der Waals surface area contributed by atoms with Gasteiger partial charge in [0.05, 0.1) is 0 Å². The molecule has 1 N–H and O–H groups in total. The maximum Gasteiger partial charge on any atom is 0.266 e. The first-order valence-corrected chi connectivity index (χ1v) is 8.47. The molecule has 110 valence electrons. The summed E-state index contributed by atoms with van der Waals surface area (Å²) >= 11 is 4.98. The number of halogens is 1. The van der Waals surface area contributed by atoms with E-state index in [4.69, 9.17) is 0 Å². The zero-order valence-electron chi connectivity index (χ0n) is 11.8. The molecule has 0 radical (unpaired) electrons. The SMILES string of the molecule is CSc1ccc(/C=C(/C#N)C(=O)Nc2cccc(Br)c2)cc1. The summed E-state index contributed by atoms with van der Waals surface area (Å²) in [5.41, 5.74) is 1.52. The van der Waals surface area contributed by atoms with Crippen molar-refractivity contribution in [1.82, 2.24) is 0 Å². The fraction of sp³-hybridized carbons (Fsp3) is 0.0588. The molecule has 1 amide bonds. The fourth-order valence-electron chi connectivity index (χ4n) is 1.78. The Balaban J connectivity index is 2.17. The van der Waals surface area contributed by atoms with Crippen molar-refractivity contribution in [2.24, 2.45) is 0 Å². The highest BCUT2D eigenvalue weighted by atomic mass is 79.9. The lowest BCUT2D eigenvalue weighted by atomic mass is 10.1. The van der Waals surface area contributed by atoms with Crippen LogP contribution in [0.15, 0.2) is 63.5 Å². The van der Waals surface area contributed by atoms with E-state index in [1.807, 2.05) is 48.7 Å². The van der Waals surface area contributed by atoms with Crippen molar-refractivity contribution in [1.29, 1.82) is 5.26 Å². The number of hydrogen-bond acceptors (Lipinski definition) is 3.